The summed E-state index contributed by atoms with van der Waals surface area (Å²) >= 11 is 0. The second-order valence-electron chi connectivity index (χ2n) is 4.86. The van der Waals surface area contributed by atoms with Crippen LogP contribution in [0.25, 0.3) is 0 Å². The molecule has 0 aromatic carbocycles. The van der Waals surface area contributed by atoms with Crippen molar-refractivity contribution in [1.82, 2.24) is 10.1 Å². The summed E-state index contributed by atoms with van der Waals surface area (Å²) in [5.41, 5.74) is 5.18. The van der Waals surface area contributed by atoms with Crippen LogP contribution < -0.4 is 5.73 Å². The predicted molar refractivity (Wildman–Crippen MR) is 65.9 cm³/mol. The Balaban J connectivity index is 2.17. The van der Waals surface area contributed by atoms with Gasteiger partial charge in [0.15, 0.2) is 5.69 Å². The number of likely N-dealkylation sites (tertiary alicyclic amines) is 1. The first-order chi connectivity index (χ1) is 9.40. The number of carbonyl (C=O) groups excluding carboxylic acids is 2. The average Bonchev–Trinajstić information content (AvgIpc) is 2.88. The molecule has 2 rings (SSSR count). The predicted octanol–water partition coefficient (Wildman–Crippen LogP) is 0.0988. The Labute approximate surface area is 114 Å². The summed E-state index contributed by atoms with van der Waals surface area (Å²) in [6, 6.07) is 1.01. The molecule has 1 aliphatic rings. The highest BCUT2D eigenvalue weighted by molar-refractivity contribution is 5.95. The molecule has 1 fully saturated rings. The van der Waals surface area contributed by atoms with Gasteiger partial charge in [-0.05, 0) is 19.8 Å². The van der Waals surface area contributed by atoms with Gasteiger partial charge in [0.2, 0.25) is 11.7 Å². The van der Waals surface area contributed by atoms with Crippen molar-refractivity contribution < 1.29 is 24.0 Å². The largest absolute Gasteiger partial charge is 0.475 e. The van der Waals surface area contributed by atoms with E-state index in [1.165, 1.54) is 4.90 Å². The minimum absolute atomic E-state index is 0.0666. The second kappa shape index (κ2) is 5.32. The van der Waals surface area contributed by atoms with Crippen molar-refractivity contribution in [3.8, 4) is 0 Å². The van der Waals surface area contributed by atoms with Gasteiger partial charge in [-0.15, -0.1) is 0 Å². The van der Waals surface area contributed by atoms with Gasteiger partial charge in [-0.1, -0.05) is 5.16 Å². The van der Waals surface area contributed by atoms with Gasteiger partial charge in [-0.3, -0.25) is 9.59 Å². The molecule has 0 bridgehead atoms. The minimum atomic E-state index is -1.29. The van der Waals surface area contributed by atoms with Crippen LogP contribution in [0.1, 0.15) is 40.8 Å². The molecule has 20 heavy (non-hydrogen) atoms. The Morgan fingerprint density at radius 2 is 2.15 bits per heavy atom. The summed E-state index contributed by atoms with van der Waals surface area (Å²) < 4.78 is 4.56. The number of nitrogens with zero attached hydrogens (tertiary/aromatic N) is 2. The fourth-order valence-electron chi connectivity index (χ4n) is 2.25. The molecule has 2 atom stereocenters. The van der Waals surface area contributed by atoms with E-state index in [1.54, 1.807) is 0 Å². The van der Waals surface area contributed by atoms with Crippen LogP contribution in [0.2, 0.25) is 0 Å². The summed E-state index contributed by atoms with van der Waals surface area (Å²) in [6.45, 7) is 2.07. The maximum absolute atomic E-state index is 12.3. The Morgan fingerprint density at radius 3 is 2.70 bits per heavy atom. The van der Waals surface area contributed by atoms with Gasteiger partial charge in [-0.2, -0.15) is 0 Å². The number of aromatic carboxylic acids is 1. The number of carboxylic acid groups (broad SMARTS) is 1. The third kappa shape index (κ3) is 2.63. The molecule has 108 valence electrons. The third-order valence-corrected chi connectivity index (χ3v) is 3.49. The highest BCUT2D eigenvalue weighted by atomic mass is 16.5. The highest BCUT2D eigenvalue weighted by Gasteiger charge is 2.33. The lowest BCUT2D eigenvalue weighted by atomic mass is 9.92. The molecule has 0 aliphatic carbocycles. The summed E-state index contributed by atoms with van der Waals surface area (Å²) in [5, 5.41) is 12.2. The summed E-state index contributed by atoms with van der Waals surface area (Å²) in [4.78, 5) is 35.7. The van der Waals surface area contributed by atoms with Crippen LogP contribution in [0.15, 0.2) is 10.6 Å². The molecule has 0 radical (unpaired) electrons. The lowest BCUT2D eigenvalue weighted by Gasteiger charge is -2.36. The van der Waals surface area contributed by atoms with Crippen LogP contribution in [0.3, 0.4) is 0 Å². The molecule has 1 aliphatic heterocycles. The number of carboxylic acids is 1. The summed E-state index contributed by atoms with van der Waals surface area (Å²) in [5.74, 6) is -2.98. The van der Waals surface area contributed by atoms with E-state index in [0.717, 1.165) is 6.07 Å². The third-order valence-electron chi connectivity index (χ3n) is 3.49. The number of primary amides is 1. The smallest absolute Gasteiger partial charge is 0.374 e. The molecule has 2 amide bonds. The summed E-state index contributed by atoms with van der Waals surface area (Å²) in [6.07, 6.45) is 1.29. The standard InChI is InChI=1S/C12H15N3O5/c1-6-2-3-7(10(13)16)5-15(6)11(17)8-4-9(12(18)19)20-14-8/h4,6-7H,2-3,5H2,1H3,(H2,13,16)(H,18,19). The number of amides is 2. The topological polar surface area (TPSA) is 127 Å². The minimum Gasteiger partial charge on any atom is -0.475 e. The molecule has 1 aromatic heterocycles. The van der Waals surface area contributed by atoms with Crippen molar-refractivity contribution in [3.05, 3.63) is 17.5 Å². The summed E-state index contributed by atoms with van der Waals surface area (Å²) in [7, 11) is 0. The van der Waals surface area contributed by atoms with E-state index in [1.807, 2.05) is 6.92 Å². The van der Waals surface area contributed by atoms with E-state index < -0.39 is 23.5 Å². The van der Waals surface area contributed by atoms with Crippen molar-refractivity contribution in [2.75, 3.05) is 6.54 Å². The SMILES string of the molecule is CC1CCC(C(N)=O)CN1C(=O)c1cc(C(=O)O)on1. The van der Waals surface area contributed by atoms with E-state index >= 15 is 0 Å². The molecule has 0 saturated carbocycles. The Bertz CT molecular complexity index is 553. The number of hydrogen-bond donors (Lipinski definition) is 2. The molecule has 0 spiro atoms. The van der Waals surface area contributed by atoms with Crippen molar-refractivity contribution in [2.45, 2.75) is 25.8 Å². The monoisotopic (exact) mass is 281 g/mol. The van der Waals surface area contributed by atoms with Crippen LogP contribution in [-0.2, 0) is 4.79 Å². The molecule has 1 aromatic rings. The van der Waals surface area contributed by atoms with Gasteiger partial charge in [0, 0.05) is 18.7 Å². The van der Waals surface area contributed by atoms with Crippen LogP contribution in [-0.4, -0.2) is 45.5 Å². The van der Waals surface area contributed by atoms with Crippen LogP contribution >= 0.6 is 0 Å². The number of rotatable bonds is 3. The Hall–Kier alpha value is -2.38. The van der Waals surface area contributed by atoms with E-state index in [-0.39, 0.29) is 24.2 Å². The second-order valence-corrected chi connectivity index (χ2v) is 4.86. The Morgan fingerprint density at radius 1 is 1.45 bits per heavy atom. The fraction of sp³-hybridized carbons (Fsp3) is 0.500. The maximum Gasteiger partial charge on any atom is 0.374 e. The first-order valence-electron chi connectivity index (χ1n) is 6.20. The number of aromatic nitrogens is 1. The van der Waals surface area contributed by atoms with Crippen molar-refractivity contribution in [2.24, 2.45) is 11.7 Å². The van der Waals surface area contributed by atoms with Crippen molar-refractivity contribution >= 4 is 17.8 Å². The molecular formula is C12H15N3O5. The van der Waals surface area contributed by atoms with E-state index in [9.17, 15) is 14.4 Å². The van der Waals surface area contributed by atoms with Gasteiger partial charge >= 0.3 is 5.97 Å². The molecule has 3 N–H and O–H groups in total. The van der Waals surface area contributed by atoms with Crippen LogP contribution in [0.4, 0.5) is 0 Å². The van der Waals surface area contributed by atoms with Gasteiger partial charge in [0.1, 0.15) is 0 Å². The van der Waals surface area contributed by atoms with Gasteiger partial charge in [0.25, 0.3) is 5.91 Å². The molecular weight excluding hydrogens is 266 g/mol. The zero-order valence-electron chi connectivity index (χ0n) is 10.9. The van der Waals surface area contributed by atoms with E-state index in [0.29, 0.717) is 12.8 Å². The quantitative estimate of drug-likeness (QED) is 0.808. The lowest BCUT2D eigenvalue weighted by molar-refractivity contribution is -0.123. The number of nitrogens with two attached hydrogens (primary N) is 1. The van der Waals surface area contributed by atoms with Gasteiger partial charge < -0.3 is 20.3 Å². The number of piperidine rings is 1. The zero-order valence-corrected chi connectivity index (χ0v) is 10.9. The van der Waals surface area contributed by atoms with E-state index in [2.05, 4.69) is 9.68 Å². The van der Waals surface area contributed by atoms with Gasteiger partial charge in [-0.25, -0.2) is 4.79 Å². The first-order valence-corrected chi connectivity index (χ1v) is 6.20. The molecule has 2 heterocycles. The van der Waals surface area contributed by atoms with E-state index in [4.69, 9.17) is 10.8 Å². The fourth-order valence-corrected chi connectivity index (χ4v) is 2.25. The molecule has 8 heteroatoms. The lowest BCUT2D eigenvalue weighted by Crippen LogP contribution is -2.48. The molecule has 2 unspecified atom stereocenters. The zero-order chi connectivity index (χ0) is 14.9. The number of hydrogen-bond acceptors (Lipinski definition) is 5. The molecule has 1 saturated heterocycles. The van der Waals surface area contributed by atoms with Crippen LogP contribution in [0.5, 0.6) is 0 Å². The van der Waals surface area contributed by atoms with Crippen molar-refractivity contribution in [1.29, 1.82) is 0 Å². The van der Waals surface area contributed by atoms with Crippen LogP contribution in [0, 0.1) is 5.92 Å². The Kier molecular flexibility index (Phi) is 3.73. The van der Waals surface area contributed by atoms with Gasteiger partial charge in [0.05, 0.1) is 5.92 Å². The maximum atomic E-state index is 12.3. The first kappa shape index (κ1) is 14.0. The molecule has 8 nitrogen and oxygen atoms in total. The van der Waals surface area contributed by atoms with Crippen molar-refractivity contribution in [3.63, 3.8) is 0 Å². The highest BCUT2D eigenvalue weighted by Crippen LogP contribution is 2.23. The average molecular weight is 281 g/mol. The normalized spacial score (nSPS) is 22.6. The number of carbonyl (C=O) groups is 3.